The molecule has 0 bridgehead atoms. The molecular weight excluding hydrogens is 182 g/mol. The van der Waals surface area contributed by atoms with E-state index in [1.165, 1.54) is 64.5 Å². The van der Waals surface area contributed by atoms with E-state index >= 15 is 0 Å². The average molecular weight is 207 g/mol. The van der Waals surface area contributed by atoms with Gasteiger partial charge in [-0.1, -0.05) is 25.3 Å². The Kier molecular flexibility index (Phi) is 4.10. The Hall–Kier alpha value is -0.460. The second-order valence-electron chi connectivity index (χ2n) is 5.10. The largest absolute Gasteiger partial charge is 0.375 e. The van der Waals surface area contributed by atoms with E-state index in [4.69, 9.17) is 0 Å². The van der Waals surface area contributed by atoms with Crippen molar-refractivity contribution in [1.82, 2.24) is 4.90 Å². The first-order valence-corrected chi connectivity index (χ1v) is 6.83. The van der Waals surface area contributed by atoms with Gasteiger partial charge in [-0.05, 0) is 44.9 Å². The maximum atomic E-state index is 2.67. The SMILES string of the molecule is C/C=C(/C1CCCCC1)N1CCCCC1. The summed E-state index contributed by atoms with van der Waals surface area (Å²) in [5.74, 6) is 0.891. The highest BCUT2D eigenvalue weighted by Gasteiger charge is 2.22. The van der Waals surface area contributed by atoms with Crippen molar-refractivity contribution < 1.29 is 0 Å². The van der Waals surface area contributed by atoms with Gasteiger partial charge in [0.15, 0.2) is 0 Å². The Morgan fingerprint density at radius 1 is 0.933 bits per heavy atom. The maximum absolute atomic E-state index is 2.67. The van der Waals surface area contributed by atoms with E-state index in [9.17, 15) is 0 Å². The quantitative estimate of drug-likeness (QED) is 0.662. The molecule has 1 saturated carbocycles. The Morgan fingerprint density at radius 2 is 1.53 bits per heavy atom. The molecule has 1 heteroatoms. The normalized spacial score (nSPS) is 25.7. The highest BCUT2D eigenvalue weighted by molar-refractivity contribution is 5.06. The molecule has 0 amide bonds. The molecule has 2 fully saturated rings. The summed E-state index contributed by atoms with van der Waals surface area (Å²) in [5.41, 5.74) is 1.68. The first-order chi connectivity index (χ1) is 7.42. The number of likely N-dealkylation sites (tertiary alicyclic amines) is 1. The minimum absolute atomic E-state index is 0.891. The topological polar surface area (TPSA) is 3.24 Å². The molecule has 0 aromatic heterocycles. The third-order valence-electron chi connectivity index (χ3n) is 4.04. The van der Waals surface area contributed by atoms with Crippen LogP contribution in [0.3, 0.4) is 0 Å². The van der Waals surface area contributed by atoms with Crippen LogP contribution in [0.4, 0.5) is 0 Å². The van der Waals surface area contributed by atoms with Crippen molar-refractivity contribution >= 4 is 0 Å². The molecule has 0 aromatic rings. The minimum Gasteiger partial charge on any atom is -0.375 e. The van der Waals surface area contributed by atoms with E-state index in [0.29, 0.717) is 0 Å². The van der Waals surface area contributed by atoms with Crippen molar-refractivity contribution in [2.75, 3.05) is 13.1 Å². The number of rotatable bonds is 2. The van der Waals surface area contributed by atoms with Gasteiger partial charge in [-0.15, -0.1) is 0 Å². The standard InChI is InChI=1S/C14H25N/c1-2-14(13-9-5-3-6-10-13)15-11-7-4-8-12-15/h2,13H,3-12H2,1H3/b14-2-. The van der Waals surface area contributed by atoms with Crippen molar-refractivity contribution in [3.8, 4) is 0 Å². The third-order valence-corrected chi connectivity index (χ3v) is 4.04. The van der Waals surface area contributed by atoms with Gasteiger partial charge in [0.25, 0.3) is 0 Å². The molecule has 1 saturated heterocycles. The van der Waals surface area contributed by atoms with Crippen LogP contribution >= 0.6 is 0 Å². The van der Waals surface area contributed by atoms with Crippen LogP contribution in [0.5, 0.6) is 0 Å². The first kappa shape index (κ1) is 11.0. The van der Waals surface area contributed by atoms with Crippen LogP contribution in [-0.2, 0) is 0 Å². The van der Waals surface area contributed by atoms with Crippen LogP contribution < -0.4 is 0 Å². The van der Waals surface area contributed by atoms with E-state index < -0.39 is 0 Å². The predicted molar refractivity (Wildman–Crippen MR) is 65.8 cm³/mol. The van der Waals surface area contributed by atoms with Crippen molar-refractivity contribution in [3.63, 3.8) is 0 Å². The molecule has 1 aliphatic carbocycles. The fourth-order valence-electron chi connectivity index (χ4n) is 3.23. The van der Waals surface area contributed by atoms with Gasteiger partial charge in [0, 0.05) is 18.8 Å². The fourth-order valence-corrected chi connectivity index (χ4v) is 3.23. The monoisotopic (exact) mass is 207 g/mol. The second-order valence-corrected chi connectivity index (χ2v) is 5.10. The van der Waals surface area contributed by atoms with Crippen molar-refractivity contribution in [2.45, 2.75) is 58.3 Å². The van der Waals surface area contributed by atoms with Gasteiger partial charge in [0.2, 0.25) is 0 Å². The molecule has 2 rings (SSSR count). The lowest BCUT2D eigenvalue weighted by Crippen LogP contribution is -2.33. The van der Waals surface area contributed by atoms with Gasteiger partial charge < -0.3 is 4.90 Å². The molecular formula is C14H25N. The highest BCUT2D eigenvalue weighted by atomic mass is 15.1. The van der Waals surface area contributed by atoms with Crippen molar-refractivity contribution in [1.29, 1.82) is 0 Å². The van der Waals surface area contributed by atoms with E-state index in [-0.39, 0.29) is 0 Å². The molecule has 0 radical (unpaired) electrons. The van der Waals surface area contributed by atoms with Gasteiger partial charge in [0.1, 0.15) is 0 Å². The number of piperidine rings is 1. The average Bonchev–Trinajstić information content (AvgIpc) is 2.33. The Balaban J connectivity index is 1.95. The second kappa shape index (κ2) is 5.58. The smallest absolute Gasteiger partial charge is 0.0175 e. The van der Waals surface area contributed by atoms with Crippen LogP contribution in [0.25, 0.3) is 0 Å². The lowest BCUT2D eigenvalue weighted by atomic mass is 9.85. The summed E-state index contributed by atoms with van der Waals surface area (Å²) in [6.45, 7) is 4.87. The summed E-state index contributed by atoms with van der Waals surface area (Å²) >= 11 is 0. The zero-order valence-electron chi connectivity index (χ0n) is 10.2. The predicted octanol–water partition coefficient (Wildman–Crippen LogP) is 3.96. The molecule has 0 N–H and O–H groups in total. The number of allylic oxidation sites excluding steroid dienone is 2. The van der Waals surface area contributed by atoms with E-state index in [1.54, 1.807) is 5.70 Å². The maximum Gasteiger partial charge on any atom is 0.0175 e. The number of hydrogen-bond acceptors (Lipinski definition) is 1. The number of hydrogen-bond donors (Lipinski definition) is 0. The van der Waals surface area contributed by atoms with E-state index in [1.807, 2.05) is 0 Å². The van der Waals surface area contributed by atoms with Crippen molar-refractivity contribution in [2.24, 2.45) is 5.92 Å². The minimum atomic E-state index is 0.891. The molecule has 1 nitrogen and oxygen atoms in total. The molecule has 0 unspecified atom stereocenters. The Morgan fingerprint density at radius 3 is 2.13 bits per heavy atom. The summed E-state index contributed by atoms with van der Waals surface area (Å²) in [4.78, 5) is 2.67. The van der Waals surface area contributed by atoms with Crippen LogP contribution in [0.15, 0.2) is 11.8 Å². The zero-order valence-corrected chi connectivity index (χ0v) is 10.2. The highest BCUT2D eigenvalue weighted by Crippen LogP contribution is 2.32. The van der Waals surface area contributed by atoms with Crippen molar-refractivity contribution in [3.05, 3.63) is 11.8 Å². The summed E-state index contributed by atoms with van der Waals surface area (Å²) in [6, 6.07) is 0. The lowest BCUT2D eigenvalue weighted by molar-refractivity contribution is 0.233. The fraction of sp³-hybridized carbons (Fsp3) is 0.857. The van der Waals surface area contributed by atoms with Crippen LogP contribution in [0, 0.1) is 5.92 Å². The summed E-state index contributed by atoms with van der Waals surface area (Å²) in [6.07, 6.45) is 13.9. The zero-order chi connectivity index (χ0) is 10.5. The molecule has 15 heavy (non-hydrogen) atoms. The van der Waals surface area contributed by atoms with E-state index in [2.05, 4.69) is 17.9 Å². The summed E-state index contributed by atoms with van der Waals surface area (Å²) in [7, 11) is 0. The summed E-state index contributed by atoms with van der Waals surface area (Å²) < 4.78 is 0. The third kappa shape index (κ3) is 2.76. The van der Waals surface area contributed by atoms with Gasteiger partial charge in [0.05, 0.1) is 0 Å². The molecule has 0 atom stereocenters. The first-order valence-electron chi connectivity index (χ1n) is 6.83. The molecule has 1 heterocycles. The molecule has 1 aliphatic heterocycles. The molecule has 2 aliphatic rings. The Bertz CT molecular complexity index is 187. The van der Waals surface area contributed by atoms with E-state index in [0.717, 1.165) is 5.92 Å². The molecule has 86 valence electrons. The van der Waals surface area contributed by atoms with Gasteiger partial charge in [-0.2, -0.15) is 0 Å². The van der Waals surface area contributed by atoms with Crippen LogP contribution in [-0.4, -0.2) is 18.0 Å². The van der Waals surface area contributed by atoms with Crippen LogP contribution in [0.1, 0.15) is 58.3 Å². The molecule has 0 spiro atoms. The van der Waals surface area contributed by atoms with Crippen LogP contribution in [0.2, 0.25) is 0 Å². The lowest BCUT2D eigenvalue weighted by Gasteiger charge is -2.36. The van der Waals surface area contributed by atoms with Gasteiger partial charge >= 0.3 is 0 Å². The summed E-state index contributed by atoms with van der Waals surface area (Å²) in [5, 5.41) is 0. The van der Waals surface area contributed by atoms with Gasteiger partial charge in [-0.25, -0.2) is 0 Å². The van der Waals surface area contributed by atoms with Gasteiger partial charge in [-0.3, -0.25) is 0 Å². The number of nitrogens with zero attached hydrogens (tertiary/aromatic N) is 1. The Labute approximate surface area is 94.5 Å². The molecule has 0 aromatic carbocycles.